The Hall–Kier alpha value is -1.79. The Kier molecular flexibility index (Phi) is 5.79. The predicted octanol–water partition coefficient (Wildman–Crippen LogP) is 0.393. The molecule has 114 valence electrons. The summed E-state index contributed by atoms with van der Waals surface area (Å²) in [4.78, 5) is 36.1. The zero-order valence-corrected chi connectivity index (χ0v) is 12.0. The van der Waals surface area contributed by atoms with Gasteiger partial charge in [-0.2, -0.15) is 0 Å². The average molecular weight is 285 g/mol. The van der Waals surface area contributed by atoms with Gasteiger partial charge >= 0.3 is 12.0 Å². The normalized spacial score (nSPS) is 21.9. The Morgan fingerprint density at radius 3 is 2.60 bits per heavy atom. The molecule has 4 N–H and O–H groups in total. The van der Waals surface area contributed by atoms with E-state index in [1.54, 1.807) is 0 Å². The predicted molar refractivity (Wildman–Crippen MR) is 72.9 cm³/mol. The molecule has 2 unspecified atom stereocenters. The number of nitrogens with two attached hydrogens (primary N) is 1. The number of carboxylic acids is 1. The highest BCUT2D eigenvalue weighted by Gasteiger charge is 2.34. The van der Waals surface area contributed by atoms with Crippen molar-refractivity contribution in [2.45, 2.75) is 39.2 Å². The van der Waals surface area contributed by atoms with Gasteiger partial charge in [-0.05, 0) is 18.8 Å². The van der Waals surface area contributed by atoms with Crippen LogP contribution < -0.4 is 11.1 Å². The zero-order chi connectivity index (χ0) is 15.3. The van der Waals surface area contributed by atoms with E-state index in [1.165, 1.54) is 4.90 Å². The van der Waals surface area contributed by atoms with Crippen molar-refractivity contribution in [3.63, 3.8) is 0 Å². The quantitative estimate of drug-likeness (QED) is 0.678. The monoisotopic (exact) mass is 285 g/mol. The van der Waals surface area contributed by atoms with Gasteiger partial charge in [0.05, 0.1) is 5.92 Å². The number of carboxylic acid groups (broad SMARTS) is 1. The summed E-state index contributed by atoms with van der Waals surface area (Å²) in [6.45, 7) is 4.50. The van der Waals surface area contributed by atoms with E-state index in [0.717, 1.165) is 0 Å². The van der Waals surface area contributed by atoms with Gasteiger partial charge in [0.1, 0.15) is 6.04 Å². The van der Waals surface area contributed by atoms with Gasteiger partial charge in [-0.15, -0.1) is 0 Å². The number of nitrogens with zero attached hydrogens (tertiary/aromatic N) is 1. The fourth-order valence-electron chi connectivity index (χ4n) is 2.41. The lowest BCUT2D eigenvalue weighted by Crippen LogP contribution is -2.55. The van der Waals surface area contributed by atoms with Crippen LogP contribution in [0.3, 0.4) is 0 Å². The number of nitrogens with one attached hydrogen (secondary N) is 1. The van der Waals surface area contributed by atoms with Crippen LogP contribution in [-0.2, 0) is 9.59 Å². The highest BCUT2D eigenvalue weighted by atomic mass is 16.4. The Labute approximate surface area is 118 Å². The molecule has 1 aliphatic heterocycles. The summed E-state index contributed by atoms with van der Waals surface area (Å²) >= 11 is 0. The van der Waals surface area contributed by atoms with E-state index in [4.69, 9.17) is 10.8 Å². The minimum Gasteiger partial charge on any atom is -0.481 e. The first kappa shape index (κ1) is 16.3. The fourth-order valence-corrected chi connectivity index (χ4v) is 2.41. The van der Waals surface area contributed by atoms with Crippen LogP contribution in [-0.4, -0.2) is 47.0 Å². The van der Waals surface area contributed by atoms with Crippen molar-refractivity contribution in [1.82, 2.24) is 10.2 Å². The van der Waals surface area contributed by atoms with E-state index in [-0.39, 0.29) is 18.4 Å². The Balaban J connectivity index is 2.77. The lowest BCUT2D eigenvalue weighted by molar-refractivity contribution is -0.146. The van der Waals surface area contributed by atoms with Crippen molar-refractivity contribution < 1.29 is 19.5 Å². The second-order valence-electron chi connectivity index (χ2n) is 5.33. The van der Waals surface area contributed by atoms with E-state index in [1.807, 2.05) is 13.8 Å². The summed E-state index contributed by atoms with van der Waals surface area (Å²) < 4.78 is 0. The van der Waals surface area contributed by atoms with E-state index >= 15 is 0 Å². The molecule has 1 heterocycles. The van der Waals surface area contributed by atoms with Gasteiger partial charge in [0.2, 0.25) is 5.91 Å². The fraction of sp³-hybridized carbons (Fsp3) is 0.769. The van der Waals surface area contributed by atoms with Crippen molar-refractivity contribution in [3.05, 3.63) is 0 Å². The van der Waals surface area contributed by atoms with Crippen molar-refractivity contribution >= 4 is 17.9 Å². The van der Waals surface area contributed by atoms with Gasteiger partial charge in [0.15, 0.2) is 0 Å². The second kappa shape index (κ2) is 7.12. The van der Waals surface area contributed by atoms with Gasteiger partial charge in [0.25, 0.3) is 0 Å². The average Bonchev–Trinajstić information content (AvgIpc) is 2.43. The van der Waals surface area contributed by atoms with Crippen LogP contribution in [0.25, 0.3) is 0 Å². The molecule has 20 heavy (non-hydrogen) atoms. The molecule has 1 fully saturated rings. The summed E-state index contributed by atoms with van der Waals surface area (Å²) in [7, 11) is 0. The second-order valence-corrected chi connectivity index (χ2v) is 5.33. The van der Waals surface area contributed by atoms with Crippen LogP contribution >= 0.6 is 0 Å². The van der Waals surface area contributed by atoms with Gasteiger partial charge < -0.3 is 21.1 Å². The number of urea groups is 1. The maximum atomic E-state index is 12.5. The molecule has 0 aliphatic carbocycles. The smallest absolute Gasteiger partial charge is 0.312 e. The molecular formula is C13H23N3O4. The largest absolute Gasteiger partial charge is 0.481 e. The van der Waals surface area contributed by atoms with Gasteiger partial charge in [-0.25, -0.2) is 4.79 Å². The SMILES string of the molecule is CCC(C)C(NC(N)=O)C(=O)N1CCC[C@H](C(=O)O)C1. The maximum absolute atomic E-state index is 12.5. The lowest BCUT2D eigenvalue weighted by atomic mass is 9.94. The third kappa shape index (κ3) is 4.11. The number of likely N-dealkylation sites (tertiary alicyclic amines) is 1. The van der Waals surface area contributed by atoms with Crippen LogP contribution in [0.5, 0.6) is 0 Å². The highest BCUT2D eigenvalue weighted by molar-refractivity contribution is 5.87. The summed E-state index contributed by atoms with van der Waals surface area (Å²) in [6.07, 6.45) is 1.95. The van der Waals surface area contributed by atoms with Crippen LogP contribution in [0, 0.1) is 11.8 Å². The first-order valence-electron chi connectivity index (χ1n) is 6.94. The molecule has 0 radical (unpaired) electrons. The van der Waals surface area contributed by atoms with Crippen molar-refractivity contribution in [2.24, 2.45) is 17.6 Å². The molecule has 0 aromatic rings. The summed E-state index contributed by atoms with van der Waals surface area (Å²) in [6, 6.07) is -1.43. The topological polar surface area (TPSA) is 113 Å². The zero-order valence-electron chi connectivity index (χ0n) is 12.0. The molecule has 7 nitrogen and oxygen atoms in total. The van der Waals surface area contributed by atoms with Crippen molar-refractivity contribution in [1.29, 1.82) is 0 Å². The molecule has 1 saturated heterocycles. The van der Waals surface area contributed by atoms with Crippen LogP contribution in [0.2, 0.25) is 0 Å². The number of amides is 3. The molecule has 0 aromatic heterocycles. The number of hydrogen-bond acceptors (Lipinski definition) is 3. The van der Waals surface area contributed by atoms with Gasteiger partial charge in [-0.1, -0.05) is 20.3 Å². The molecule has 0 aromatic carbocycles. The molecule has 0 bridgehead atoms. The van der Waals surface area contributed by atoms with Crippen molar-refractivity contribution in [3.8, 4) is 0 Å². The molecule has 0 spiro atoms. The Morgan fingerprint density at radius 1 is 1.45 bits per heavy atom. The molecule has 3 amide bonds. The molecule has 7 heteroatoms. The van der Waals surface area contributed by atoms with E-state index in [2.05, 4.69) is 5.32 Å². The van der Waals surface area contributed by atoms with Crippen LogP contribution in [0.1, 0.15) is 33.1 Å². The molecule has 0 saturated carbocycles. The highest BCUT2D eigenvalue weighted by Crippen LogP contribution is 2.19. The first-order chi connectivity index (χ1) is 9.36. The standard InChI is InChI=1S/C13H23N3O4/c1-3-8(2)10(15-13(14)20)11(17)16-6-4-5-9(7-16)12(18)19/h8-10H,3-7H2,1-2H3,(H,18,19)(H3,14,15,20)/t8?,9-,10?/m0/s1. The van der Waals surface area contributed by atoms with Crippen LogP contribution in [0.4, 0.5) is 4.79 Å². The third-order valence-electron chi connectivity index (χ3n) is 3.86. The van der Waals surface area contributed by atoms with E-state index in [0.29, 0.717) is 25.8 Å². The summed E-state index contributed by atoms with van der Waals surface area (Å²) in [5.74, 6) is -1.71. The van der Waals surface area contributed by atoms with Crippen LogP contribution in [0.15, 0.2) is 0 Å². The lowest BCUT2D eigenvalue weighted by Gasteiger charge is -2.35. The first-order valence-corrected chi connectivity index (χ1v) is 6.94. The van der Waals surface area contributed by atoms with Gasteiger partial charge in [0, 0.05) is 13.1 Å². The number of carbonyl (C=O) groups excluding carboxylic acids is 2. The maximum Gasteiger partial charge on any atom is 0.312 e. The number of carbonyl (C=O) groups is 3. The number of hydrogen-bond donors (Lipinski definition) is 3. The number of rotatable bonds is 5. The number of aliphatic carboxylic acids is 1. The van der Waals surface area contributed by atoms with E-state index in [9.17, 15) is 14.4 Å². The number of piperidine rings is 1. The minimum absolute atomic E-state index is 0.0554. The van der Waals surface area contributed by atoms with E-state index < -0.39 is 24.0 Å². The summed E-state index contributed by atoms with van der Waals surface area (Å²) in [5.41, 5.74) is 5.11. The minimum atomic E-state index is -0.884. The number of primary amides is 1. The molecular weight excluding hydrogens is 262 g/mol. The van der Waals surface area contributed by atoms with Gasteiger partial charge in [-0.3, -0.25) is 9.59 Å². The molecule has 1 aliphatic rings. The Morgan fingerprint density at radius 2 is 2.10 bits per heavy atom. The Bertz CT molecular complexity index is 386. The summed E-state index contributed by atoms with van der Waals surface area (Å²) in [5, 5.41) is 11.5. The third-order valence-corrected chi connectivity index (χ3v) is 3.86. The molecule has 3 atom stereocenters. The van der Waals surface area contributed by atoms with Crippen molar-refractivity contribution in [2.75, 3.05) is 13.1 Å². The molecule has 1 rings (SSSR count).